The van der Waals surface area contributed by atoms with E-state index in [-0.39, 0.29) is 5.52 Å². The summed E-state index contributed by atoms with van der Waals surface area (Å²) in [6.45, 7) is 4.14. The van der Waals surface area contributed by atoms with Gasteiger partial charge >= 0.3 is 0 Å². The topological polar surface area (TPSA) is 47.2 Å². The summed E-state index contributed by atoms with van der Waals surface area (Å²) in [6.07, 6.45) is 0. The second-order valence-corrected chi connectivity index (χ2v) is 7.15. The predicted molar refractivity (Wildman–Crippen MR) is 102 cm³/mol. The van der Waals surface area contributed by atoms with E-state index in [0.717, 1.165) is 34.0 Å². The monoisotopic (exact) mass is 383 g/mol. The Hall–Kier alpha value is -2.93. The van der Waals surface area contributed by atoms with Gasteiger partial charge in [0.05, 0.1) is 15.7 Å². The SMILES string of the molecule is CCn1c(=NC(=O)c2ccc3nc(C)ccc3c2)sc2cc(F)cc(F)c21. The quantitative estimate of drug-likeness (QED) is 0.508. The van der Waals surface area contributed by atoms with Gasteiger partial charge in [-0.15, -0.1) is 0 Å². The molecule has 27 heavy (non-hydrogen) atoms. The van der Waals surface area contributed by atoms with Crippen molar-refractivity contribution in [2.24, 2.45) is 4.99 Å². The van der Waals surface area contributed by atoms with E-state index in [1.807, 2.05) is 26.0 Å². The Bertz CT molecular complexity index is 1270. The number of aryl methyl sites for hydroxylation is 2. The van der Waals surface area contributed by atoms with Gasteiger partial charge in [0.2, 0.25) is 0 Å². The van der Waals surface area contributed by atoms with Crippen molar-refractivity contribution in [3.05, 3.63) is 70.2 Å². The average molecular weight is 383 g/mol. The van der Waals surface area contributed by atoms with E-state index >= 15 is 0 Å². The number of amides is 1. The zero-order chi connectivity index (χ0) is 19.1. The van der Waals surface area contributed by atoms with E-state index in [1.54, 1.807) is 22.8 Å². The molecular weight excluding hydrogens is 368 g/mol. The first-order valence-corrected chi connectivity index (χ1v) is 9.23. The van der Waals surface area contributed by atoms with Crippen molar-refractivity contribution in [3.63, 3.8) is 0 Å². The number of carbonyl (C=O) groups excluding carboxylic acids is 1. The van der Waals surface area contributed by atoms with Gasteiger partial charge in [-0.1, -0.05) is 17.4 Å². The van der Waals surface area contributed by atoms with Gasteiger partial charge in [0.15, 0.2) is 10.6 Å². The van der Waals surface area contributed by atoms with E-state index in [4.69, 9.17) is 0 Å². The van der Waals surface area contributed by atoms with E-state index < -0.39 is 17.5 Å². The summed E-state index contributed by atoms with van der Waals surface area (Å²) in [6, 6.07) is 11.1. The maximum absolute atomic E-state index is 14.2. The zero-order valence-electron chi connectivity index (χ0n) is 14.7. The molecule has 0 fully saturated rings. The number of fused-ring (bicyclic) bond motifs is 2. The molecule has 0 aliphatic carbocycles. The first-order valence-electron chi connectivity index (χ1n) is 8.41. The highest BCUT2D eigenvalue weighted by atomic mass is 32.1. The minimum atomic E-state index is -0.663. The fourth-order valence-electron chi connectivity index (χ4n) is 3.02. The number of aromatic nitrogens is 2. The van der Waals surface area contributed by atoms with Gasteiger partial charge in [0.25, 0.3) is 5.91 Å². The lowest BCUT2D eigenvalue weighted by molar-refractivity contribution is 0.0998. The molecule has 0 spiro atoms. The number of thiazole rings is 1. The van der Waals surface area contributed by atoms with Crippen molar-refractivity contribution < 1.29 is 13.6 Å². The third-order valence-corrected chi connectivity index (χ3v) is 5.31. The Kier molecular flexibility index (Phi) is 4.31. The molecule has 7 heteroatoms. The normalized spacial score (nSPS) is 12.2. The van der Waals surface area contributed by atoms with E-state index in [9.17, 15) is 13.6 Å². The number of carbonyl (C=O) groups is 1. The van der Waals surface area contributed by atoms with Crippen LogP contribution in [-0.2, 0) is 6.54 Å². The van der Waals surface area contributed by atoms with Gasteiger partial charge in [-0.05, 0) is 44.2 Å². The van der Waals surface area contributed by atoms with Crippen LogP contribution < -0.4 is 4.80 Å². The second-order valence-electron chi connectivity index (χ2n) is 6.14. The Balaban J connectivity index is 1.84. The molecule has 0 bridgehead atoms. The smallest absolute Gasteiger partial charge is 0.279 e. The number of hydrogen-bond acceptors (Lipinski definition) is 3. The molecule has 0 unspecified atom stereocenters. The van der Waals surface area contributed by atoms with Gasteiger partial charge < -0.3 is 4.57 Å². The number of hydrogen-bond donors (Lipinski definition) is 0. The molecule has 0 saturated carbocycles. The van der Waals surface area contributed by atoms with E-state index in [2.05, 4.69) is 9.98 Å². The molecule has 4 rings (SSSR count). The summed E-state index contributed by atoms with van der Waals surface area (Å²) in [5, 5.41) is 0.842. The summed E-state index contributed by atoms with van der Waals surface area (Å²) in [5.41, 5.74) is 2.37. The summed E-state index contributed by atoms with van der Waals surface area (Å²) in [4.78, 5) is 21.6. The molecule has 136 valence electrons. The van der Waals surface area contributed by atoms with Crippen molar-refractivity contribution >= 4 is 38.4 Å². The fourth-order valence-corrected chi connectivity index (χ4v) is 4.15. The van der Waals surface area contributed by atoms with Crippen LogP contribution in [0.5, 0.6) is 0 Å². The lowest BCUT2D eigenvalue weighted by Crippen LogP contribution is -2.16. The number of benzene rings is 2. The number of pyridine rings is 1. The van der Waals surface area contributed by atoms with Crippen LogP contribution in [0.2, 0.25) is 0 Å². The van der Waals surface area contributed by atoms with Crippen LogP contribution >= 0.6 is 11.3 Å². The molecule has 0 saturated heterocycles. The summed E-state index contributed by atoms with van der Waals surface area (Å²) >= 11 is 1.09. The second kappa shape index (κ2) is 6.66. The van der Waals surface area contributed by atoms with Gasteiger partial charge in [-0.25, -0.2) is 8.78 Å². The highest BCUT2D eigenvalue weighted by Gasteiger charge is 2.13. The first-order chi connectivity index (χ1) is 13.0. The van der Waals surface area contributed by atoms with Crippen molar-refractivity contribution in [1.29, 1.82) is 0 Å². The molecule has 0 aliphatic rings. The Morgan fingerprint density at radius 1 is 1.19 bits per heavy atom. The van der Waals surface area contributed by atoms with Crippen LogP contribution in [-0.4, -0.2) is 15.5 Å². The van der Waals surface area contributed by atoms with Crippen LogP contribution in [0.4, 0.5) is 8.78 Å². The highest BCUT2D eigenvalue weighted by Crippen LogP contribution is 2.22. The van der Waals surface area contributed by atoms with Gasteiger partial charge in [-0.3, -0.25) is 9.78 Å². The van der Waals surface area contributed by atoms with Gasteiger partial charge in [-0.2, -0.15) is 4.99 Å². The van der Waals surface area contributed by atoms with Gasteiger partial charge in [0.1, 0.15) is 5.82 Å². The largest absolute Gasteiger partial charge is 0.314 e. The molecule has 1 amide bonds. The van der Waals surface area contributed by atoms with Crippen molar-refractivity contribution in [3.8, 4) is 0 Å². The number of nitrogens with zero attached hydrogens (tertiary/aromatic N) is 3. The maximum Gasteiger partial charge on any atom is 0.279 e. The Morgan fingerprint density at radius 3 is 2.78 bits per heavy atom. The molecule has 0 N–H and O–H groups in total. The van der Waals surface area contributed by atoms with Crippen LogP contribution in [0, 0.1) is 18.6 Å². The highest BCUT2D eigenvalue weighted by molar-refractivity contribution is 7.16. The van der Waals surface area contributed by atoms with Crippen molar-refractivity contribution in [1.82, 2.24) is 9.55 Å². The molecule has 2 aromatic carbocycles. The van der Waals surface area contributed by atoms with E-state index in [0.29, 0.717) is 21.6 Å². The van der Waals surface area contributed by atoms with Crippen molar-refractivity contribution in [2.45, 2.75) is 20.4 Å². The van der Waals surface area contributed by atoms with Crippen LogP contribution in [0.1, 0.15) is 23.0 Å². The Labute approximate surface area is 157 Å². The zero-order valence-corrected chi connectivity index (χ0v) is 15.5. The summed E-state index contributed by atoms with van der Waals surface area (Å²) < 4.78 is 29.7. The molecule has 0 aliphatic heterocycles. The minimum Gasteiger partial charge on any atom is -0.314 e. The van der Waals surface area contributed by atoms with Crippen LogP contribution in [0.25, 0.3) is 21.1 Å². The maximum atomic E-state index is 14.2. The fraction of sp³-hybridized carbons (Fsp3) is 0.150. The third-order valence-electron chi connectivity index (χ3n) is 4.28. The minimum absolute atomic E-state index is 0.258. The number of halogens is 2. The molecular formula is C20H15F2N3OS. The summed E-state index contributed by atoms with van der Waals surface area (Å²) in [7, 11) is 0. The molecule has 4 nitrogen and oxygen atoms in total. The molecule has 2 heterocycles. The predicted octanol–water partition coefficient (Wildman–Crippen LogP) is 4.60. The summed E-state index contributed by atoms with van der Waals surface area (Å²) in [5.74, 6) is -1.75. The van der Waals surface area contributed by atoms with E-state index in [1.165, 1.54) is 6.07 Å². The van der Waals surface area contributed by atoms with Crippen LogP contribution in [0.15, 0.2) is 47.5 Å². The van der Waals surface area contributed by atoms with Gasteiger partial charge in [0, 0.05) is 29.3 Å². The molecule has 4 aromatic rings. The van der Waals surface area contributed by atoms with Crippen LogP contribution in [0.3, 0.4) is 0 Å². The first kappa shape index (κ1) is 17.5. The Morgan fingerprint density at radius 2 is 2.00 bits per heavy atom. The lowest BCUT2D eigenvalue weighted by atomic mass is 10.1. The lowest BCUT2D eigenvalue weighted by Gasteiger charge is -2.02. The third kappa shape index (κ3) is 3.14. The molecule has 0 atom stereocenters. The van der Waals surface area contributed by atoms with Crippen molar-refractivity contribution in [2.75, 3.05) is 0 Å². The average Bonchev–Trinajstić information content (AvgIpc) is 2.98. The number of rotatable bonds is 2. The standard InChI is InChI=1S/C20H15F2N3OS/c1-3-25-18-15(22)9-14(21)10-17(18)27-20(25)24-19(26)13-6-7-16-12(8-13)5-4-11(2)23-16/h4-10H,3H2,1-2H3. The molecule has 2 aromatic heterocycles. The molecule has 0 radical (unpaired) electrons.